The number of aryl methyl sites for hydroxylation is 1. The van der Waals surface area contributed by atoms with Crippen LogP contribution in [0.15, 0.2) is 55.0 Å². The van der Waals surface area contributed by atoms with Gasteiger partial charge in [0, 0.05) is 50.5 Å². The van der Waals surface area contributed by atoms with Gasteiger partial charge in [0.05, 0.1) is 24.7 Å². The van der Waals surface area contributed by atoms with Crippen molar-refractivity contribution in [3.8, 4) is 17.3 Å². The van der Waals surface area contributed by atoms with Gasteiger partial charge < -0.3 is 24.1 Å². The number of rotatable bonds is 9. The molecule has 3 aliphatic rings. The Kier molecular flexibility index (Phi) is 13.0. The number of hydrogen-bond acceptors (Lipinski definition) is 8. The van der Waals surface area contributed by atoms with E-state index in [0.29, 0.717) is 35.5 Å². The zero-order valence-corrected chi connectivity index (χ0v) is 30.7. The van der Waals surface area contributed by atoms with Crippen molar-refractivity contribution in [3.63, 3.8) is 0 Å². The van der Waals surface area contributed by atoms with Crippen LogP contribution in [0.5, 0.6) is 6.01 Å². The number of nitrogens with zero attached hydrogens (tertiary/aromatic N) is 7. The first-order valence-electron chi connectivity index (χ1n) is 15.9. The number of likely N-dealkylation sites (tertiary alicyclic amines) is 1. The number of ether oxygens (including phenoxy) is 2. The summed E-state index contributed by atoms with van der Waals surface area (Å²) in [5.41, 5.74) is 1.88. The molecule has 1 amide bonds. The Morgan fingerprint density at radius 3 is 2.62 bits per heavy atom. The molecule has 3 fully saturated rings. The Hall–Kier alpha value is -3.68. The van der Waals surface area contributed by atoms with Crippen molar-refractivity contribution < 1.29 is 23.0 Å². The van der Waals surface area contributed by atoms with Gasteiger partial charge in [-0.2, -0.15) is 50.5 Å². The first-order chi connectivity index (χ1) is 22.8. The summed E-state index contributed by atoms with van der Waals surface area (Å²) in [6.45, 7) is 16.0. The lowest BCUT2D eigenvalue weighted by Gasteiger charge is -2.39. The number of morpholine rings is 1. The minimum atomic E-state index is -1.08. The second kappa shape index (κ2) is 16.6. The second-order valence-corrected chi connectivity index (χ2v) is 12.4. The smallest absolute Gasteiger partial charge is 0.319 e. The number of hydrogen-bond donors (Lipinski definition) is 0. The van der Waals surface area contributed by atoms with Crippen LogP contribution in [0.2, 0.25) is 0 Å². The van der Waals surface area contributed by atoms with Crippen LogP contribution in [-0.2, 0) is 9.53 Å². The fourth-order valence-electron chi connectivity index (χ4n) is 7.16. The van der Waals surface area contributed by atoms with Crippen LogP contribution in [0.4, 0.5) is 14.6 Å². The normalized spacial score (nSPS) is 19.8. The first-order valence-corrected chi connectivity index (χ1v) is 15.9. The molecule has 0 spiro atoms. The van der Waals surface area contributed by atoms with E-state index in [1.165, 1.54) is 4.90 Å². The lowest BCUT2D eigenvalue weighted by atomic mass is 9.97. The lowest BCUT2D eigenvalue weighted by molar-refractivity contribution is -0.131. The second-order valence-electron chi connectivity index (χ2n) is 12.4. The molecular formula is C35H41F2N7O3S3. The van der Waals surface area contributed by atoms with E-state index in [2.05, 4.69) is 26.3 Å². The predicted octanol–water partition coefficient (Wildman–Crippen LogP) is 5.29. The molecule has 0 unspecified atom stereocenters. The molecule has 7 rings (SSSR count). The Morgan fingerprint density at radius 2 is 1.92 bits per heavy atom. The van der Waals surface area contributed by atoms with Crippen LogP contribution < -0.4 is 9.64 Å². The van der Waals surface area contributed by atoms with Crippen molar-refractivity contribution in [1.82, 2.24) is 24.8 Å². The maximum atomic E-state index is 16.7. The number of amides is 1. The van der Waals surface area contributed by atoms with Gasteiger partial charge in [-0.1, -0.05) is 43.0 Å². The molecule has 3 atom stereocenters. The van der Waals surface area contributed by atoms with Gasteiger partial charge in [0.15, 0.2) is 11.6 Å². The zero-order chi connectivity index (χ0) is 32.7. The van der Waals surface area contributed by atoms with Crippen LogP contribution in [0.1, 0.15) is 18.4 Å². The van der Waals surface area contributed by atoms with Crippen LogP contribution in [0.25, 0.3) is 37.8 Å². The van der Waals surface area contributed by atoms with Gasteiger partial charge in [-0.05, 0) is 36.1 Å². The number of aromatic nitrogens is 3. The standard InChI is InChI=1S/C35H35F2N7O3.3H2S/c1-21-7-4-8-23-9-5-10-27(29(21)23)31-30(37)32-28(17-39-31)33(43-12-13-44(34(45)22(2)36)25(18-43)16-38-3)41-35(40-32)46-14-6-11-42-19-26-15-24(42)20-47-26;;;/h4-5,7-10,17,24-26H,2,6,11-16,18-20H2,1H3;3*1H2/t24-,25-,26-;;;/m0.../s1. The fourth-order valence-corrected chi connectivity index (χ4v) is 7.16. The number of halogens is 2. The van der Waals surface area contributed by atoms with Crippen molar-refractivity contribution in [3.05, 3.63) is 77.8 Å². The fraction of sp³-hybridized carbons (Fsp3) is 0.400. The number of benzene rings is 2. The summed E-state index contributed by atoms with van der Waals surface area (Å²) < 4.78 is 42.3. The highest BCUT2D eigenvalue weighted by atomic mass is 32.1. The molecule has 3 saturated heterocycles. The van der Waals surface area contributed by atoms with Crippen LogP contribution in [-0.4, -0.2) is 101 Å². The van der Waals surface area contributed by atoms with Gasteiger partial charge in [0.2, 0.25) is 6.54 Å². The molecule has 0 radical (unpaired) electrons. The molecule has 10 nitrogen and oxygen atoms in total. The molecular weight excluding hydrogens is 701 g/mol. The van der Waals surface area contributed by atoms with E-state index in [4.69, 9.17) is 21.0 Å². The number of fused-ring (bicyclic) bond motifs is 4. The Balaban J connectivity index is 0.00000187. The van der Waals surface area contributed by atoms with E-state index in [9.17, 15) is 9.18 Å². The third-order valence-corrected chi connectivity index (χ3v) is 9.42. The summed E-state index contributed by atoms with van der Waals surface area (Å²) in [5, 5.41) is 2.26. The third-order valence-electron chi connectivity index (χ3n) is 9.42. The minimum Gasteiger partial charge on any atom is -0.463 e. The summed E-state index contributed by atoms with van der Waals surface area (Å²) in [5.74, 6) is -2.13. The predicted molar refractivity (Wildman–Crippen MR) is 205 cm³/mol. The van der Waals surface area contributed by atoms with Gasteiger partial charge >= 0.3 is 6.01 Å². The van der Waals surface area contributed by atoms with E-state index >= 15 is 4.39 Å². The monoisotopic (exact) mass is 741 g/mol. The zero-order valence-electron chi connectivity index (χ0n) is 27.7. The highest BCUT2D eigenvalue weighted by Crippen LogP contribution is 2.36. The lowest BCUT2D eigenvalue weighted by Crippen LogP contribution is -2.56. The van der Waals surface area contributed by atoms with Gasteiger partial charge in [-0.25, -0.2) is 15.4 Å². The molecule has 3 aliphatic heterocycles. The van der Waals surface area contributed by atoms with Crippen LogP contribution >= 0.6 is 40.5 Å². The summed E-state index contributed by atoms with van der Waals surface area (Å²) in [6.07, 6.45) is 3.69. The Labute approximate surface area is 311 Å². The molecule has 2 aromatic carbocycles. The average molecular weight is 742 g/mol. The molecule has 4 aromatic rings. The van der Waals surface area contributed by atoms with Crippen molar-refractivity contribution in [2.75, 3.05) is 57.4 Å². The number of carbonyl (C=O) groups is 1. The van der Waals surface area contributed by atoms with E-state index < -0.39 is 23.6 Å². The van der Waals surface area contributed by atoms with Gasteiger partial charge in [0.1, 0.15) is 23.1 Å². The molecule has 50 heavy (non-hydrogen) atoms. The number of carbonyl (C=O) groups excluding carboxylic acids is 1. The van der Waals surface area contributed by atoms with Gasteiger partial charge in [-0.3, -0.25) is 14.7 Å². The van der Waals surface area contributed by atoms with E-state index in [1.807, 2.05) is 48.2 Å². The van der Waals surface area contributed by atoms with Crippen LogP contribution in [0.3, 0.4) is 0 Å². The average Bonchev–Trinajstić information content (AvgIpc) is 3.70. The SMILES string of the molecule is S.S.S.[C-]#[N+]C[C@H]1CN(c2nc(OCCCN3C[C@@H]4C[C@H]3CO4)nc3c(F)c(-c4cccc5cccc(C)c45)ncc23)CCN1C(=O)C(=C)F. The quantitative estimate of drug-likeness (QED) is 0.130. The largest absolute Gasteiger partial charge is 0.463 e. The molecule has 0 N–H and O–H groups in total. The molecule has 5 heterocycles. The van der Waals surface area contributed by atoms with E-state index in [-0.39, 0.29) is 83.9 Å². The first kappa shape index (κ1) is 39.1. The summed E-state index contributed by atoms with van der Waals surface area (Å²) in [7, 11) is 0. The number of pyridine rings is 1. The number of anilines is 1. The van der Waals surface area contributed by atoms with Crippen molar-refractivity contribution in [1.29, 1.82) is 0 Å². The highest BCUT2D eigenvalue weighted by Gasteiger charge is 2.38. The minimum absolute atomic E-state index is 0. The highest BCUT2D eigenvalue weighted by molar-refractivity contribution is 7.59. The molecule has 15 heteroatoms. The Morgan fingerprint density at radius 1 is 1.14 bits per heavy atom. The van der Waals surface area contributed by atoms with E-state index in [1.54, 1.807) is 6.20 Å². The molecule has 266 valence electrons. The number of piperazine rings is 1. The summed E-state index contributed by atoms with van der Waals surface area (Å²) in [6, 6.07) is 11.5. The third kappa shape index (κ3) is 7.50. The van der Waals surface area contributed by atoms with Crippen molar-refractivity contribution >= 4 is 73.9 Å². The summed E-state index contributed by atoms with van der Waals surface area (Å²) in [4.78, 5) is 35.5. The molecule has 0 aliphatic carbocycles. The maximum Gasteiger partial charge on any atom is 0.319 e. The molecule has 0 saturated carbocycles. The Bertz CT molecular complexity index is 1930. The van der Waals surface area contributed by atoms with Gasteiger partial charge in [0.25, 0.3) is 5.91 Å². The molecule has 2 bridgehead atoms. The summed E-state index contributed by atoms with van der Waals surface area (Å²) >= 11 is 0. The van der Waals surface area contributed by atoms with Crippen molar-refractivity contribution in [2.45, 2.75) is 38.0 Å². The van der Waals surface area contributed by atoms with Crippen molar-refractivity contribution in [2.24, 2.45) is 0 Å². The topological polar surface area (TPSA) is 88.3 Å². The van der Waals surface area contributed by atoms with E-state index in [0.717, 1.165) is 48.9 Å². The maximum absolute atomic E-state index is 16.7. The van der Waals surface area contributed by atoms with Crippen LogP contribution in [0, 0.1) is 19.3 Å². The van der Waals surface area contributed by atoms with Gasteiger partial charge in [-0.15, -0.1) is 0 Å². The molecule has 2 aromatic heterocycles.